The van der Waals surface area contributed by atoms with Crippen molar-refractivity contribution in [2.45, 2.75) is 30.8 Å². The highest BCUT2D eigenvalue weighted by atomic mass is 32.2. The number of aliphatic hydroxyl groups is 1. The van der Waals surface area contributed by atoms with Crippen molar-refractivity contribution in [2.75, 3.05) is 0 Å². The molecule has 0 saturated heterocycles. The van der Waals surface area contributed by atoms with Crippen LogP contribution in [0.5, 0.6) is 0 Å². The second-order valence-electron chi connectivity index (χ2n) is 4.79. The van der Waals surface area contributed by atoms with Gasteiger partial charge < -0.3 is 5.11 Å². The number of sulfone groups is 1. The van der Waals surface area contributed by atoms with Crippen molar-refractivity contribution in [3.8, 4) is 0 Å². The molecule has 92 valence electrons. The molecular weight excluding hydrogens is 243 g/mol. The Balaban J connectivity index is 2.51. The lowest BCUT2D eigenvalue weighted by Gasteiger charge is -2.17. The molecule has 0 radical (unpaired) electrons. The van der Waals surface area contributed by atoms with Gasteiger partial charge >= 0.3 is 0 Å². The molecule has 0 fully saturated rings. The van der Waals surface area contributed by atoms with Gasteiger partial charge in [0.1, 0.15) is 5.82 Å². The molecule has 1 heterocycles. The van der Waals surface area contributed by atoms with Crippen LogP contribution in [-0.4, -0.2) is 19.1 Å². The molecule has 0 unspecified atom stereocenters. The zero-order valence-corrected chi connectivity index (χ0v) is 10.4. The molecule has 17 heavy (non-hydrogen) atoms. The molecule has 0 aromatic heterocycles. The Kier molecular flexibility index (Phi) is 2.63. The van der Waals surface area contributed by atoms with Gasteiger partial charge in [-0.3, -0.25) is 0 Å². The fourth-order valence-electron chi connectivity index (χ4n) is 1.84. The van der Waals surface area contributed by atoms with Crippen molar-refractivity contribution >= 4 is 15.9 Å². The first-order chi connectivity index (χ1) is 7.70. The maximum Gasteiger partial charge on any atom is 0.203 e. The van der Waals surface area contributed by atoms with E-state index in [2.05, 4.69) is 0 Å². The second kappa shape index (κ2) is 3.65. The predicted octanol–water partition coefficient (Wildman–Crippen LogP) is 2.11. The van der Waals surface area contributed by atoms with Crippen LogP contribution in [-0.2, 0) is 9.84 Å². The third-order valence-corrected chi connectivity index (χ3v) is 4.43. The normalized spacial score (nSPS) is 17.8. The van der Waals surface area contributed by atoms with Crippen molar-refractivity contribution in [1.82, 2.24) is 0 Å². The predicted molar refractivity (Wildman–Crippen MR) is 62.5 cm³/mol. The molecular formula is C12H13FO3S. The molecule has 0 bridgehead atoms. The lowest BCUT2D eigenvalue weighted by Crippen LogP contribution is -2.21. The van der Waals surface area contributed by atoms with Crippen LogP contribution >= 0.6 is 0 Å². The fraction of sp³-hybridized carbons (Fsp3) is 0.333. The summed E-state index contributed by atoms with van der Waals surface area (Å²) in [6.07, 6.45) is 1.44. The van der Waals surface area contributed by atoms with Crippen LogP contribution in [0.2, 0.25) is 0 Å². The second-order valence-corrected chi connectivity index (χ2v) is 6.76. The number of rotatable bonds is 2. The van der Waals surface area contributed by atoms with Gasteiger partial charge in [0.25, 0.3) is 0 Å². The van der Waals surface area contributed by atoms with E-state index in [0.717, 1.165) is 6.07 Å². The van der Waals surface area contributed by atoms with E-state index >= 15 is 0 Å². The summed E-state index contributed by atoms with van der Waals surface area (Å²) in [5, 5.41) is 9.66. The summed E-state index contributed by atoms with van der Waals surface area (Å²) >= 11 is 0. The SMILES string of the molecule is CC(C)(O)CC1=Cc2cc(F)ccc2S1(=O)=O. The first-order valence-electron chi connectivity index (χ1n) is 5.18. The summed E-state index contributed by atoms with van der Waals surface area (Å²) in [4.78, 5) is 0.240. The number of benzene rings is 1. The fourth-order valence-corrected chi connectivity index (χ4v) is 3.62. The van der Waals surface area contributed by atoms with E-state index in [-0.39, 0.29) is 16.2 Å². The highest BCUT2D eigenvalue weighted by molar-refractivity contribution is 7.95. The van der Waals surface area contributed by atoms with Crippen LogP contribution in [0.1, 0.15) is 25.8 Å². The van der Waals surface area contributed by atoms with E-state index in [1.165, 1.54) is 32.1 Å². The van der Waals surface area contributed by atoms with Crippen molar-refractivity contribution < 1.29 is 17.9 Å². The van der Waals surface area contributed by atoms with Gasteiger partial charge in [0.15, 0.2) is 0 Å². The Bertz CT molecular complexity index is 595. The monoisotopic (exact) mass is 256 g/mol. The molecule has 3 nitrogen and oxygen atoms in total. The van der Waals surface area contributed by atoms with Crippen molar-refractivity contribution in [3.05, 3.63) is 34.5 Å². The van der Waals surface area contributed by atoms with E-state index < -0.39 is 21.3 Å². The number of hydrogen-bond acceptors (Lipinski definition) is 3. The van der Waals surface area contributed by atoms with Crippen LogP contribution in [0.3, 0.4) is 0 Å². The Morgan fingerprint density at radius 3 is 2.59 bits per heavy atom. The molecule has 0 saturated carbocycles. The Hall–Kier alpha value is -1.20. The first-order valence-corrected chi connectivity index (χ1v) is 6.66. The van der Waals surface area contributed by atoms with Crippen molar-refractivity contribution in [3.63, 3.8) is 0 Å². The Morgan fingerprint density at radius 1 is 1.35 bits per heavy atom. The molecule has 1 aliphatic rings. The highest BCUT2D eigenvalue weighted by Gasteiger charge is 2.32. The van der Waals surface area contributed by atoms with Crippen LogP contribution < -0.4 is 0 Å². The maximum absolute atomic E-state index is 13.0. The topological polar surface area (TPSA) is 54.4 Å². The lowest BCUT2D eigenvalue weighted by molar-refractivity contribution is 0.0829. The first kappa shape index (κ1) is 12.3. The van der Waals surface area contributed by atoms with E-state index in [1.54, 1.807) is 0 Å². The molecule has 0 amide bonds. The van der Waals surface area contributed by atoms with Crippen LogP contribution in [0.15, 0.2) is 28.0 Å². The van der Waals surface area contributed by atoms with Crippen molar-refractivity contribution in [1.29, 1.82) is 0 Å². The van der Waals surface area contributed by atoms with Crippen LogP contribution in [0.4, 0.5) is 4.39 Å². The van der Waals surface area contributed by atoms with E-state index in [0.29, 0.717) is 5.56 Å². The van der Waals surface area contributed by atoms with E-state index in [4.69, 9.17) is 0 Å². The minimum absolute atomic E-state index is 0.0195. The minimum Gasteiger partial charge on any atom is -0.390 e. The molecule has 1 N–H and O–H groups in total. The minimum atomic E-state index is -3.56. The molecule has 0 spiro atoms. The number of halogens is 1. The van der Waals surface area contributed by atoms with Gasteiger partial charge in [-0.1, -0.05) is 0 Å². The molecule has 1 aromatic rings. The van der Waals surface area contributed by atoms with Gasteiger partial charge in [0.2, 0.25) is 9.84 Å². The molecule has 0 atom stereocenters. The highest BCUT2D eigenvalue weighted by Crippen LogP contribution is 2.36. The largest absolute Gasteiger partial charge is 0.390 e. The van der Waals surface area contributed by atoms with Gasteiger partial charge in [-0.05, 0) is 43.7 Å². The summed E-state index contributed by atoms with van der Waals surface area (Å²) in [6, 6.07) is 3.56. The van der Waals surface area contributed by atoms with E-state index in [1.807, 2.05) is 0 Å². The zero-order chi connectivity index (χ0) is 12.8. The van der Waals surface area contributed by atoms with Gasteiger partial charge in [-0.25, -0.2) is 12.8 Å². The summed E-state index contributed by atoms with van der Waals surface area (Å²) in [5.41, 5.74) is -0.760. The van der Waals surface area contributed by atoms with Crippen molar-refractivity contribution in [2.24, 2.45) is 0 Å². The van der Waals surface area contributed by atoms with Gasteiger partial charge in [-0.2, -0.15) is 0 Å². The Labute approximate surface area is 99.5 Å². The zero-order valence-electron chi connectivity index (χ0n) is 9.57. The number of hydrogen-bond donors (Lipinski definition) is 1. The number of fused-ring (bicyclic) bond motifs is 1. The average Bonchev–Trinajstić information content (AvgIpc) is 2.35. The summed E-state index contributed by atoms with van der Waals surface area (Å²) in [6.45, 7) is 3.07. The third-order valence-electron chi connectivity index (χ3n) is 2.53. The molecule has 1 aliphatic heterocycles. The standard InChI is InChI=1S/C12H13FO3S/c1-12(2,14)7-10-6-8-5-9(13)3-4-11(8)17(10,15)16/h3-6,14H,7H2,1-2H3. The molecule has 0 aliphatic carbocycles. The summed E-state index contributed by atoms with van der Waals surface area (Å²) < 4.78 is 37.1. The Morgan fingerprint density at radius 2 is 2.00 bits per heavy atom. The summed E-state index contributed by atoms with van der Waals surface area (Å²) in [5.74, 6) is -0.472. The average molecular weight is 256 g/mol. The van der Waals surface area contributed by atoms with Gasteiger partial charge in [0, 0.05) is 6.42 Å². The molecule has 2 rings (SSSR count). The molecule has 5 heteroatoms. The van der Waals surface area contributed by atoms with E-state index in [9.17, 15) is 17.9 Å². The molecule has 1 aromatic carbocycles. The lowest BCUT2D eigenvalue weighted by atomic mass is 10.0. The van der Waals surface area contributed by atoms with Crippen LogP contribution in [0, 0.1) is 5.82 Å². The third kappa shape index (κ3) is 2.25. The van der Waals surface area contributed by atoms with Gasteiger partial charge in [-0.15, -0.1) is 0 Å². The summed E-state index contributed by atoms with van der Waals surface area (Å²) in [7, 11) is -3.56. The maximum atomic E-state index is 13.0. The quantitative estimate of drug-likeness (QED) is 0.825. The van der Waals surface area contributed by atoms with Crippen LogP contribution in [0.25, 0.3) is 6.08 Å². The van der Waals surface area contributed by atoms with Gasteiger partial charge in [0.05, 0.1) is 15.4 Å². The smallest absolute Gasteiger partial charge is 0.203 e.